The third-order valence-corrected chi connectivity index (χ3v) is 3.83. The summed E-state index contributed by atoms with van der Waals surface area (Å²) in [5.41, 5.74) is 5.60. The molecule has 0 aliphatic heterocycles. The number of halogens is 1. The summed E-state index contributed by atoms with van der Waals surface area (Å²) < 4.78 is 13.8. The predicted molar refractivity (Wildman–Crippen MR) is 74.0 cm³/mol. The van der Waals surface area contributed by atoms with E-state index in [4.69, 9.17) is 10.9 Å². The predicted octanol–water partition coefficient (Wildman–Crippen LogP) is 2.29. The van der Waals surface area contributed by atoms with Crippen LogP contribution in [-0.4, -0.2) is 17.0 Å². The highest BCUT2D eigenvalue weighted by atomic mass is 19.1. The SMILES string of the molecule is CC1CCCC1C(=O)Nc1cccc(F)c1/C(N)=N/O. The van der Waals surface area contributed by atoms with Gasteiger partial charge in [0, 0.05) is 5.92 Å². The van der Waals surface area contributed by atoms with Gasteiger partial charge in [-0.1, -0.05) is 24.6 Å². The second kappa shape index (κ2) is 5.90. The Morgan fingerprint density at radius 2 is 2.25 bits per heavy atom. The molecule has 1 aliphatic rings. The lowest BCUT2D eigenvalue weighted by Crippen LogP contribution is -2.27. The van der Waals surface area contributed by atoms with Gasteiger partial charge >= 0.3 is 0 Å². The van der Waals surface area contributed by atoms with Crippen LogP contribution in [0.3, 0.4) is 0 Å². The minimum absolute atomic E-state index is 0.0709. The minimum atomic E-state index is -0.641. The van der Waals surface area contributed by atoms with Gasteiger partial charge in [-0.3, -0.25) is 4.79 Å². The third-order valence-electron chi connectivity index (χ3n) is 3.83. The smallest absolute Gasteiger partial charge is 0.227 e. The van der Waals surface area contributed by atoms with Crippen LogP contribution in [0.2, 0.25) is 0 Å². The summed E-state index contributed by atoms with van der Waals surface area (Å²) in [5, 5.41) is 14.2. The van der Waals surface area contributed by atoms with Crippen LogP contribution < -0.4 is 11.1 Å². The van der Waals surface area contributed by atoms with Gasteiger partial charge in [0.25, 0.3) is 0 Å². The molecule has 4 N–H and O–H groups in total. The highest BCUT2D eigenvalue weighted by molar-refractivity contribution is 6.06. The van der Waals surface area contributed by atoms with Crippen molar-refractivity contribution in [3.05, 3.63) is 29.6 Å². The molecule has 1 fully saturated rings. The number of amides is 1. The van der Waals surface area contributed by atoms with E-state index in [1.165, 1.54) is 18.2 Å². The molecule has 1 aliphatic carbocycles. The van der Waals surface area contributed by atoms with Crippen molar-refractivity contribution in [1.82, 2.24) is 0 Å². The number of amidine groups is 1. The van der Waals surface area contributed by atoms with Gasteiger partial charge in [0.05, 0.1) is 11.3 Å². The van der Waals surface area contributed by atoms with Gasteiger partial charge in [-0.25, -0.2) is 4.39 Å². The summed E-state index contributed by atoms with van der Waals surface area (Å²) in [5.74, 6) is -0.905. The molecule has 0 heterocycles. The van der Waals surface area contributed by atoms with Crippen LogP contribution in [0.1, 0.15) is 31.7 Å². The zero-order valence-electron chi connectivity index (χ0n) is 11.3. The molecule has 0 radical (unpaired) electrons. The van der Waals surface area contributed by atoms with Crippen LogP contribution in [0.4, 0.5) is 10.1 Å². The molecule has 108 valence electrons. The van der Waals surface area contributed by atoms with Crippen molar-refractivity contribution >= 4 is 17.4 Å². The average Bonchev–Trinajstić information content (AvgIpc) is 2.84. The highest BCUT2D eigenvalue weighted by Gasteiger charge is 2.30. The van der Waals surface area contributed by atoms with Crippen LogP contribution >= 0.6 is 0 Å². The van der Waals surface area contributed by atoms with Gasteiger partial charge in [-0.05, 0) is 30.9 Å². The number of hydrogen-bond acceptors (Lipinski definition) is 3. The van der Waals surface area contributed by atoms with E-state index in [2.05, 4.69) is 10.5 Å². The van der Waals surface area contributed by atoms with Gasteiger partial charge in [0.2, 0.25) is 5.91 Å². The lowest BCUT2D eigenvalue weighted by Gasteiger charge is -2.17. The molecular formula is C14H18FN3O2. The summed E-state index contributed by atoms with van der Waals surface area (Å²) in [6.45, 7) is 2.03. The highest BCUT2D eigenvalue weighted by Crippen LogP contribution is 2.32. The second-order valence-electron chi connectivity index (χ2n) is 5.15. The van der Waals surface area contributed by atoms with Gasteiger partial charge < -0.3 is 16.3 Å². The maximum atomic E-state index is 13.8. The number of rotatable bonds is 3. The summed E-state index contributed by atoms with van der Waals surface area (Å²) in [4.78, 5) is 12.2. The Bertz CT molecular complexity index is 545. The maximum absolute atomic E-state index is 13.8. The summed E-state index contributed by atoms with van der Waals surface area (Å²) in [6.07, 6.45) is 2.88. The molecule has 0 saturated heterocycles. The lowest BCUT2D eigenvalue weighted by atomic mass is 9.97. The average molecular weight is 279 g/mol. The first-order valence-corrected chi connectivity index (χ1v) is 6.62. The molecule has 2 rings (SSSR count). The summed E-state index contributed by atoms with van der Waals surface area (Å²) in [6, 6.07) is 4.20. The molecule has 1 amide bonds. The van der Waals surface area contributed by atoms with Crippen molar-refractivity contribution in [3.8, 4) is 0 Å². The number of anilines is 1. The van der Waals surface area contributed by atoms with Crippen molar-refractivity contribution < 1.29 is 14.4 Å². The molecular weight excluding hydrogens is 261 g/mol. The number of nitrogens with one attached hydrogen (secondary N) is 1. The molecule has 1 saturated carbocycles. The van der Waals surface area contributed by atoms with E-state index in [0.717, 1.165) is 19.3 Å². The van der Waals surface area contributed by atoms with E-state index in [1.807, 2.05) is 6.92 Å². The van der Waals surface area contributed by atoms with E-state index in [-0.39, 0.29) is 28.9 Å². The Morgan fingerprint density at radius 1 is 1.50 bits per heavy atom. The molecule has 0 aromatic heterocycles. The Labute approximate surface area is 116 Å². The van der Waals surface area contributed by atoms with E-state index < -0.39 is 5.82 Å². The Morgan fingerprint density at radius 3 is 2.85 bits per heavy atom. The lowest BCUT2D eigenvalue weighted by molar-refractivity contribution is -0.120. The monoisotopic (exact) mass is 279 g/mol. The van der Waals surface area contributed by atoms with E-state index in [9.17, 15) is 9.18 Å². The fourth-order valence-electron chi connectivity index (χ4n) is 2.70. The minimum Gasteiger partial charge on any atom is -0.409 e. The van der Waals surface area contributed by atoms with Crippen molar-refractivity contribution in [2.75, 3.05) is 5.32 Å². The molecule has 5 nitrogen and oxygen atoms in total. The topological polar surface area (TPSA) is 87.7 Å². The van der Waals surface area contributed by atoms with E-state index >= 15 is 0 Å². The van der Waals surface area contributed by atoms with Crippen LogP contribution in [0, 0.1) is 17.7 Å². The largest absolute Gasteiger partial charge is 0.409 e. The quantitative estimate of drug-likeness (QED) is 0.343. The van der Waals surface area contributed by atoms with Crippen LogP contribution in [0.5, 0.6) is 0 Å². The molecule has 6 heteroatoms. The van der Waals surface area contributed by atoms with Gasteiger partial charge in [0.15, 0.2) is 5.84 Å². The van der Waals surface area contributed by atoms with Crippen LogP contribution in [0.15, 0.2) is 23.4 Å². The summed E-state index contributed by atoms with van der Waals surface area (Å²) >= 11 is 0. The van der Waals surface area contributed by atoms with Gasteiger partial charge in [0.1, 0.15) is 5.82 Å². The van der Waals surface area contributed by atoms with Crippen molar-refractivity contribution in [1.29, 1.82) is 0 Å². The zero-order chi connectivity index (χ0) is 14.7. The van der Waals surface area contributed by atoms with Gasteiger partial charge in [-0.2, -0.15) is 0 Å². The number of hydrogen-bond donors (Lipinski definition) is 3. The molecule has 2 unspecified atom stereocenters. The number of carbonyl (C=O) groups excluding carboxylic acids is 1. The number of nitrogens with zero attached hydrogens (tertiary/aromatic N) is 1. The van der Waals surface area contributed by atoms with Crippen LogP contribution in [0.25, 0.3) is 0 Å². The molecule has 0 bridgehead atoms. The summed E-state index contributed by atoms with van der Waals surface area (Å²) in [7, 11) is 0. The number of benzene rings is 1. The maximum Gasteiger partial charge on any atom is 0.227 e. The Kier molecular flexibility index (Phi) is 4.22. The molecule has 1 aromatic rings. The van der Waals surface area contributed by atoms with E-state index in [1.54, 1.807) is 0 Å². The van der Waals surface area contributed by atoms with Crippen molar-refractivity contribution in [3.63, 3.8) is 0 Å². The van der Waals surface area contributed by atoms with Crippen molar-refractivity contribution in [2.24, 2.45) is 22.7 Å². The second-order valence-corrected chi connectivity index (χ2v) is 5.15. The fraction of sp³-hybridized carbons (Fsp3) is 0.429. The first-order chi connectivity index (χ1) is 9.54. The molecule has 2 atom stereocenters. The molecule has 1 aromatic carbocycles. The third kappa shape index (κ3) is 2.74. The number of oxime groups is 1. The first-order valence-electron chi connectivity index (χ1n) is 6.62. The van der Waals surface area contributed by atoms with Crippen LogP contribution in [-0.2, 0) is 4.79 Å². The fourth-order valence-corrected chi connectivity index (χ4v) is 2.70. The molecule has 20 heavy (non-hydrogen) atoms. The normalized spacial score (nSPS) is 22.8. The number of nitrogens with two attached hydrogens (primary N) is 1. The zero-order valence-corrected chi connectivity index (χ0v) is 11.3. The van der Waals surface area contributed by atoms with E-state index in [0.29, 0.717) is 5.92 Å². The molecule has 0 spiro atoms. The first kappa shape index (κ1) is 14.3. The Balaban J connectivity index is 2.25. The van der Waals surface area contributed by atoms with Crippen molar-refractivity contribution in [2.45, 2.75) is 26.2 Å². The number of carbonyl (C=O) groups is 1. The standard InChI is InChI=1S/C14H18FN3O2/c1-8-4-2-5-9(8)14(19)17-11-7-3-6-10(15)12(11)13(16)18-20/h3,6-9,20H,2,4-5H2,1H3,(H2,16,18)(H,17,19). The Hall–Kier alpha value is -2.11. The van der Waals surface area contributed by atoms with Gasteiger partial charge in [-0.15, -0.1) is 0 Å².